The van der Waals surface area contributed by atoms with Gasteiger partial charge in [0.05, 0.1) is 36.6 Å². The molecule has 1 aromatic rings. The molecule has 1 unspecified atom stereocenters. The molecule has 0 saturated carbocycles. The van der Waals surface area contributed by atoms with Crippen LogP contribution < -0.4 is 5.73 Å². The van der Waals surface area contributed by atoms with Crippen molar-refractivity contribution in [2.24, 2.45) is 0 Å². The van der Waals surface area contributed by atoms with Crippen molar-refractivity contribution in [1.82, 2.24) is 4.31 Å². The molecule has 1 heterocycles. The number of ether oxygens (including phenoxy) is 1. The highest BCUT2D eigenvalue weighted by atomic mass is 35.5. The first-order chi connectivity index (χ1) is 9.37. The number of sulfonamides is 1. The van der Waals surface area contributed by atoms with Crippen molar-refractivity contribution in [2.75, 3.05) is 32.1 Å². The van der Waals surface area contributed by atoms with Gasteiger partial charge in [0, 0.05) is 6.54 Å². The number of nitrogens with zero attached hydrogens (tertiary/aromatic N) is 1. The Balaban J connectivity index is 2.46. The smallest absolute Gasteiger partial charge is 0.245 e. The monoisotopic (exact) mass is 324 g/mol. The molecule has 9 heteroatoms. The second-order valence-corrected chi connectivity index (χ2v) is 6.60. The van der Waals surface area contributed by atoms with E-state index in [2.05, 4.69) is 0 Å². The molecule has 3 N–H and O–H groups in total. The second-order valence-electron chi connectivity index (χ2n) is 4.33. The van der Waals surface area contributed by atoms with Crippen LogP contribution in [0, 0.1) is 5.82 Å². The van der Waals surface area contributed by atoms with Gasteiger partial charge in [-0.2, -0.15) is 4.31 Å². The summed E-state index contributed by atoms with van der Waals surface area (Å²) in [6.07, 6.45) is 0. The van der Waals surface area contributed by atoms with Gasteiger partial charge in [0.25, 0.3) is 0 Å². The number of aliphatic hydroxyl groups excluding tert-OH is 1. The molecule has 112 valence electrons. The van der Waals surface area contributed by atoms with Crippen LogP contribution in [0.3, 0.4) is 0 Å². The summed E-state index contributed by atoms with van der Waals surface area (Å²) < 4.78 is 44.5. The molecule has 1 aliphatic heterocycles. The Morgan fingerprint density at radius 3 is 2.90 bits per heavy atom. The molecule has 1 saturated heterocycles. The fourth-order valence-corrected chi connectivity index (χ4v) is 4.08. The van der Waals surface area contributed by atoms with Crippen LogP contribution >= 0.6 is 11.6 Å². The van der Waals surface area contributed by atoms with E-state index in [-0.39, 0.29) is 42.0 Å². The summed E-state index contributed by atoms with van der Waals surface area (Å²) in [5.41, 5.74) is 5.09. The minimum absolute atomic E-state index is 0.0845. The van der Waals surface area contributed by atoms with E-state index in [9.17, 15) is 17.9 Å². The van der Waals surface area contributed by atoms with E-state index in [1.54, 1.807) is 0 Å². The molecular formula is C11H14ClFN2O4S. The van der Waals surface area contributed by atoms with Crippen molar-refractivity contribution < 1.29 is 22.7 Å². The molecule has 2 rings (SSSR count). The highest BCUT2D eigenvalue weighted by Crippen LogP contribution is 2.30. The van der Waals surface area contributed by atoms with Crippen molar-refractivity contribution in [2.45, 2.75) is 10.9 Å². The number of nitrogen functional groups attached to an aromatic ring is 1. The SMILES string of the molecule is Nc1cc(S(=O)(=O)N2CCOCC2CO)c(Cl)cc1F. The molecule has 0 spiro atoms. The van der Waals surface area contributed by atoms with Crippen molar-refractivity contribution in [1.29, 1.82) is 0 Å². The fraction of sp³-hybridized carbons (Fsp3) is 0.455. The average molecular weight is 325 g/mol. The predicted octanol–water partition coefficient (Wildman–Crippen LogP) is 0.443. The number of hydrogen-bond acceptors (Lipinski definition) is 5. The third-order valence-corrected chi connectivity index (χ3v) is 5.44. The molecule has 0 radical (unpaired) electrons. The lowest BCUT2D eigenvalue weighted by molar-refractivity contribution is 0.0109. The van der Waals surface area contributed by atoms with E-state index >= 15 is 0 Å². The maximum Gasteiger partial charge on any atom is 0.245 e. The third kappa shape index (κ3) is 2.75. The highest BCUT2D eigenvalue weighted by Gasteiger charge is 2.35. The normalized spacial score (nSPS) is 21.1. The summed E-state index contributed by atoms with van der Waals surface area (Å²) in [5.74, 6) is -0.783. The van der Waals surface area contributed by atoms with Crippen molar-refractivity contribution in [3.05, 3.63) is 23.0 Å². The molecule has 1 aliphatic rings. The minimum atomic E-state index is -3.98. The summed E-state index contributed by atoms with van der Waals surface area (Å²) >= 11 is 5.80. The summed E-state index contributed by atoms with van der Waals surface area (Å²) in [6.45, 7) is 0.00273. The lowest BCUT2D eigenvalue weighted by Crippen LogP contribution is -2.50. The lowest BCUT2D eigenvalue weighted by atomic mass is 10.3. The third-order valence-electron chi connectivity index (χ3n) is 3.02. The Labute approximate surface area is 120 Å². The molecule has 20 heavy (non-hydrogen) atoms. The van der Waals surface area contributed by atoms with Gasteiger partial charge in [-0.05, 0) is 12.1 Å². The summed E-state index contributed by atoms with van der Waals surface area (Å²) in [5, 5.41) is 8.99. The Morgan fingerprint density at radius 2 is 2.25 bits per heavy atom. The average Bonchev–Trinajstić information content (AvgIpc) is 2.42. The topological polar surface area (TPSA) is 92.9 Å². The summed E-state index contributed by atoms with van der Waals surface area (Å²) in [6, 6.07) is 1.14. The van der Waals surface area contributed by atoms with Crippen LogP contribution in [0.15, 0.2) is 17.0 Å². The number of rotatable bonds is 3. The van der Waals surface area contributed by atoms with Crippen LogP contribution in [0.25, 0.3) is 0 Å². The van der Waals surface area contributed by atoms with Gasteiger partial charge < -0.3 is 15.6 Å². The Bertz CT molecular complexity index is 611. The molecule has 0 bridgehead atoms. The van der Waals surface area contributed by atoms with E-state index in [0.29, 0.717) is 0 Å². The minimum Gasteiger partial charge on any atom is -0.396 e. The van der Waals surface area contributed by atoms with Crippen LogP contribution in [0.2, 0.25) is 5.02 Å². The van der Waals surface area contributed by atoms with Gasteiger partial charge in [-0.25, -0.2) is 12.8 Å². The first kappa shape index (κ1) is 15.5. The van der Waals surface area contributed by atoms with Gasteiger partial charge in [-0.3, -0.25) is 0 Å². The van der Waals surface area contributed by atoms with E-state index in [1.807, 2.05) is 0 Å². The molecule has 1 fully saturated rings. The van der Waals surface area contributed by atoms with Crippen molar-refractivity contribution >= 4 is 27.3 Å². The van der Waals surface area contributed by atoms with Crippen LogP contribution in [0.1, 0.15) is 0 Å². The van der Waals surface area contributed by atoms with Crippen LogP contribution in [0.4, 0.5) is 10.1 Å². The highest BCUT2D eigenvalue weighted by molar-refractivity contribution is 7.89. The number of morpholine rings is 1. The van der Waals surface area contributed by atoms with Gasteiger partial charge in [-0.1, -0.05) is 11.6 Å². The van der Waals surface area contributed by atoms with Gasteiger partial charge in [0.2, 0.25) is 10.0 Å². The van der Waals surface area contributed by atoms with Gasteiger partial charge in [-0.15, -0.1) is 0 Å². The number of hydrogen-bond donors (Lipinski definition) is 2. The number of halogens is 2. The quantitative estimate of drug-likeness (QED) is 0.787. The number of nitrogens with two attached hydrogens (primary N) is 1. The Hall–Kier alpha value is -0.930. The standard InChI is InChI=1S/C11H14ClFN2O4S/c12-8-3-9(13)10(14)4-11(8)20(17,18)15-1-2-19-6-7(15)5-16/h3-4,7,16H,1-2,5-6,14H2. The molecular weight excluding hydrogens is 311 g/mol. The number of anilines is 1. The summed E-state index contributed by atoms with van der Waals surface area (Å²) in [4.78, 5) is -0.279. The zero-order chi connectivity index (χ0) is 14.9. The van der Waals surface area contributed by atoms with Gasteiger partial charge in [0.1, 0.15) is 10.7 Å². The number of benzene rings is 1. The van der Waals surface area contributed by atoms with Crippen molar-refractivity contribution in [3.63, 3.8) is 0 Å². The van der Waals surface area contributed by atoms with Gasteiger partial charge >= 0.3 is 0 Å². The van der Waals surface area contributed by atoms with E-state index in [0.717, 1.165) is 16.4 Å². The fourth-order valence-electron chi connectivity index (χ4n) is 1.97. The first-order valence-corrected chi connectivity index (χ1v) is 7.64. The zero-order valence-electron chi connectivity index (χ0n) is 10.4. The number of aliphatic hydroxyl groups is 1. The predicted molar refractivity (Wildman–Crippen MR) is 71.4 cm³/mol. The molecule has 1 atom stereocenters. The van der Waals surface area contributed by atoms with Crippen LogP contribution in [-0.4, -0.2) is 50.2 Å². The second kappa shape index (κ2) is 5.82. The Kier molecular flexibility index (Phi) is 4.50. The zero-order valence-corrected chi connectivity index (χ0v) is 12.0. The molecule has 0 aromatic heterocycles. The van der Waals surface area contributed by atoms with Crippen molar-refractivity contribution in [3.8, 4) is 0 Å². The lowest BCUT2D eigenvalue weighted by Gasteiger charge is -2.33. The van der Waals surface area contributed by atoms with Crippen LogP contribution in [-0.2, 0) is 14.8 Å². The van der Waals surface area contributed by atoms with Gasteiger partial charge in [0.15, 0.2) is 0 Å². The molecule has 6 nitrogen and oxygen atoms in total. The Morgan fingerprint density at radius 1 is 1.55 bits per heavy atom. The maximum absolute atomic E-state index is 13.3. The summed E-state index contributed by atoms with van der Waals surface area (Å²) in [7, 11) is -3.98. The largest absolute Gasteiger partial charge is 0.396 e. The van der Waals surface area contributed by atoms with E-state index in [1.165, 1.54) is 0 Å². The van der Waals surface area contributed by atoms with Crippen LogP contribution in [0.5, 0.6) is 0 Å². The molecule has 1 aromatic carbocycles. The molecule has 0 amide bonds. The first-order valence-electron chi connectivity index (χ1n) is 5.83. The van der Waals surface area contributed by atoms with E-state index in [4.69, 9.17) is 22.1 Å². The maximum atomic E-state index is 13.3. The molecule has 0 aliphatic carbocycles. The van der Waals surface area contributed by atoms with E-state index < -0.39 is 21.9 Å².